The van der Waals surface area contributed by atoms with Gasteiger partial charge in [0.1, 0.15) is 6.61 Å². The van der Waals surface area contributed by atoms with Crippen LogP contribution in [0.4, 0.5) is 0 Å². The molecular weight excluding hydrogens is 344 g/mol. The first kappa shape index (κ1) is 19.2. The third-order valence-electron chi connectivity index (χ3n) is 6.58. The number of nitrogens with zero attached hydrogens (tertiary/aromatic N) is 1. The molecule has 2 aliphatic rings. The van der Waals surface area contributed by atoms with Gasteiger partial charge in [0.05, 0.1) is 5.71 Å². The second-order valence-electron chi connectivity index (χ2n) is 9.05. The van der Waals surface area contributed by atoms with E-state index < -0.39 is 0 Å². The summed E-state index contributed by atoms with van der Waals surface area (Å²) in [4.78, 5) is 5.60. The zero-order valence-electron chi connectivity index (χ0n) is 17.2. The van der Waals surface area contributed by atoms with E-state index in [1.807, 2.05) is 18.2 Å². The van der Waals surface area contributed by atoms with Gasteiger partial charge in [0, 0.05) is 11.5 Å². The van der Waals surface area contributed by atoms with Crippen molar-refractivity contribution in [3.63, 3.8) is 0 Å². The Bertz CT molecular complexity index is 841. The molecule has 0 amide bonds. The predicted molar refractivity (Wildman–Crippen MR) is 115 cm³/mol. The molecule has 3 atom stereocenters. The molecule has 1 saturated carbocycles. The fourth-order valence-corrected chi connectivity index (χ4v) is 4.80. The van der Waals surface area contributed by atoms with Gasteiger partial charge in [0.2, 0.25) is 0 Å². The topological polar surface area (TPSA) is 47.6 Å². The lowest BCUT2D eigenvalue weighted by Gasteiger charge is -2.26. The molecule has 4 rings (SSSR count). The van der Waals surface area contributed by atoms with Crippen LogP contribution in [0, 0.1) is 5.92 Å². The van der Waals surface area contributed by atoms with Crippen molar-refractivity contribution in [2.24, 2.45) is 16.8 Å². The molecule has 0 heterocycles. The third kappa shape index (κ3) is 4.47. The van der Waals surface area contributed by atoms with Gasteiger partial charge < -0.3 is 10.6 Å². The van der Waals surface area contributed by atoms with Crippen molar-refractivity contribution < 1.29 is 4.84 Å². The minimum Gasteiger partial charge on any atom is -0.391 e. The average Bonchev–Trinajstić information content (AvgIpc) is 3.07. The molecule has 3 nitrogen and oxygen atoms in total. The predicted octanol–water partition coefficient (Wildman–Crippen LogP) is 5.37. The first-order chi connectivity index (χ1) is 13.5. The summed E-state index contributed by atoms with van der Waals surface area (Å²) in [5.41, 5.74) is 13.1. The van der Waals surface area contributed by atoms with Crippen molar-refractivity contribution in [3.05, 3.63) is 70.8 Å². The minimum atomic E-state index is 0.0129. The molecule has 0 unspecified atom stereocenters. The number of aryl methyl sites for hydroxylation is 1. The van der Waals surface area contributed by atoms with Crippen molar-refractivity contribution in [3.8, 4) is 0 Å². The lowest BCUT2D eigenvalue weighted by atomic mass is 9.80. The van der Waals surface area contributed by atoms with Crippen LogP contribution in [0.5, 0.6) is 0 Å². The van der Waals surface area contributed by atoms with E-state index in [0.29, 0.717) is 18.4 Å². The van der Waals surface area contributed by atoms with Crippen LogP contribution < -0.4 is 5.73 Å². The average molecular weight is 377 g/mol. The summed E-state index contributed by atoms with van der Waals surface area (Å²) in [6.07, 6.45) is 6.82. The third-order valence-corrected chi connectivity index (χ3v) is 6.58. The van der Waals surface area contributed by atoms with Gasteiger partial charge >= 0.3 is 0 Å². The zero-order chi connectivity index (χ0) is 19.6. The number of hydrogen-bond acceptors (Lipinski definition) is 3. The van der Waals surface area contributed by atoms with Crippen molar-refractivity contribution in [2.45, 2.75) is 70.4 Å². The summed E-state index contributed by atoms with van der Waals surface area (Å²) in [7, 11) is 0. The summed E-state index contributed by atoms with van der Waals surface area (Å²) < 4.78 is 0. The summed E-state index contributed by atoms with van der Waals surface area (Å²) in [6, 6.07) is 17.4. The largest absolute Gasteiger partial charge is 0.391 e. The van der Waals surface area contributed by atoms with E-state index in [9.17, 15) is 0 Å². The van der Waals surface area contributed by atoms with E-state index in [1.165, 1.54) is 23.1 Å². The van der Waals surface area contributed by atoms with Gasteiger partial charge in [-0.1, -0.05) is 53.7 Å². The Balaban J connectivity index is 1.37. The van der Waals surface area contributed by atoms with Crippen LogP contribution in [0.3, 0.4) is 0 Å². The highest BCUT2D eigenvalue weighted by atomic mass is 16.6. The fourth-order valence-electron chi connectivity index (χ4n) is 4.80. The molecule has 2 aromatic carbocycles. The number of rotatable bonds is 5. The first-order valence-corrected chi connectivity index (χ1v) is 10.6. The molecule has 0 bridgehead atoms. The van der Waals surface area contributed by atoms with Gasteiger partial charge in [-0.25, -0.2) is 0 Å². The first-order valence-electron chi connectivity index (χ1n) is 10.6. The summed E-state index contributed by atoms with van der Waals surface area (Å²) >= 11 is 0. The Morgan fingerprint density at radius 3 is 2.71 bits per heavy atom. The number of nitrogens with two attached hydrogens (primary N) is 1. The minimum absolute atomic E-state index is 0.0129. The Hall–Kier alpha value is -2.13. The zero-order valence-corrected chi connectivity index (χ0v) is 17.2. The monoisotopic (exact) mass is 376 g/mol. The Kier molecular flexibility index (Phi) is 5.54. The highest BCUT2D eigenvalue weighted by molar-refractivity contribution is 5.84. The molecule has 148 valence electrons. The SMILES string of the molecule is C/C(=N\OCc1ccccc1)[C@@H]1CCc2cc([C@H]3CC[C@@](C)(N)C3)ccc2C1. The number of fused-ring (bicyclic) bond motifs is 1. The van der Waals surface area contributed by atoms with E-state index in [0.717, 1.165) is 43.4 Å². The van der Waals surface area contributed by atoms with E-state index in [-0.39, 0.29) is 5.54 Å². The highest BCUT2D eigenvalue weighted by Crippen LogP contribution is 2.40. The smallest absolute Gasteiger partial charge is 0.142 e. The maximum atomic E-state index is 6.35. The molecule has 0 aromatic heterocycles. The van der Waals surface area contributed by atoms with Gasteiger partial charge in [-0.15, -0.1) is 0 Å². The second-order valence-corrected chi connectivity index (χ2v) is 9.05. The van der Waals surface area contributed by atoms with Gasteiger partial charge in [0.25, 0.3) is 0 Å². The molecule has 0 radical (unpaired) electrons. The Morgan fingerprint density at radius 1 is 1.14 bits per heavy atom. The van der Waals surface area contributed by atoms with Crippen molar-refractivity contribution in [2.75, 3.05) is 0 Å². The van der Waals surface area contributed by atoms with Crippen LogP contribution in [0.2, 0.25) is 0 Å². The number of oxime groups is 1. The number of hydrogen-bond donors (Lipinski definition) is 1. The van der Waals surface area contributed by atoms with Crippen LogP contribution in [0.15, 0.2) is 53.7 Å². The van der Waals surface area contributed by atoms with E-state index in [1.54, 1.807) is 0 Å². The van der Waals surface area contributed by atoms with E-state index in [4.69, 9.17) is 10.6 Å². The normalized spacial score (nSPS) is 27.5. The molecule has 2 aliphatic carbocycles. The highest BCUT2D eigenvalue weighted by Gasteiger charge is 2.32. The molecule has 0 saturated heterocycles. The number of benzene rings is 2. The van der Waals surface area contributed by atoms with Crippen LogP contribution in [0.1, 0.15) is 67.7 Å². The lowest BCUT2D eigenvalue weighted by Crippen LogP contribution is -2.32. The molecule has 2 N–H and O–H groups in total. The van der Waals surface area contributed by atoms with Gasteiger partial charge in [-0.2, -0.15) is 0 Å². The van der Waals surface area contributed by atoms with Gasteiger partial charge in [-0.05, 0) is 80.5 Å². The molecular formula is C25H32N2O. The van der Waals surface area contributed by atoms with Gasteiger partial charge in [-0.3, -0.25) is 0 Å². The standard InChI is InChI=1S/C25H32N2O/c1-18(27-28-17-19-6-4-3-5-7-19)20-8-9-22-15-23(11-10-21(22)14-20)24-12-13-25(2,26)16-24/h3-7,10-11,15,20,24H,8-9,12-14,16-17,26H2,1-2H3/b27-18+/t20-,24+,25-/m1/s1. The fraction of sp³-hybridized carbons (Fsp3) is 0.480. The Morgan fingerprint density at radius 2 is 1.96 bits per heavy atom. The van der Waals surface area contributed by atoms with Crippen LogP contribution >= 0.6 is 0 Å². The van der Waals surface area contributed by atoms with Crippen molar-refractivity contribution in [1.82, 2.24) is 0 Å². The lowest BCUT2D eigenvalue weighted by molar-refractivity contribution is 0.128. The maximum Gasteiger partial charge on any atom is 0.142 e. The van der Waals surface area contributed by atoms with Crippen molar-refractivity contribution in [1.29, 1.82) is 0 Å². The Labute approximate surface area is 169 Å². The molecule has 0 aliphatic heterocycles. The molecule has 3 heteroatoms. The summed E-state index contributed by atoms with van der Waals surface area (Å²) in [5, 5.41) is 4.42. The van der Waals surface area contributed by atoms with Crippen LogP contribution in [-0.2, 0) is 24.3 Å². The van der Waals surface area contributed by atoms with Crippen LogP contribution in [-0.4, -0.2) is 11.3 Å². The molecule has 0 spiro atoms. The van der Waals surface area contributed by atoms with E-state index >= 15 is 0 Å². The maximum absolute atomic E-state index is 6.35. The van der Waals surface area contributed by atoms with Crippen molar-refractivity contribution >= 4 is 5.71 Å². The van der Waals surface area contributed by atoms with Gasteiger partial charge in [0.15, 0.2) is 0 Å². The molecule has 2 aromatic rings. The van der Waals surface area contributed by atoms with E-state index in [2.05, 4.69) is 49.3 Å². The second kappa shape index (κ2) is 8.08. The van der Waals surface area contributed by atoms with Crippen LogP contribution in [0.25, 0.3) is 0 Å². The summed E-state index contributed by atoms with van der Waals surface area (Å²) in [6.45, 7) is 4.83. The molecule has 28 heavy (non-hydrogen) atoms. The summed E-state index contributed by atoms with van der Waals surface area (Å²) in [5.74, 6) is 1.11. The quantitative estimate of drug-likeness (QED) is 0.563. The molecule has 1 fully saturated rings.